The second-order valence-electron chi connectivity index (χ2n) is 6.48. The van der Waals surface area contributed by atoms with Gasteiger partial charge in [0.05, 0.1) is 19.4 Å². The highest BCUT2D eigenvalue weighted by Crippen LogP contribution is 2.30. The molecule has 2 heterocycles. The summed E-state index contributed by atoms with van der Waals surface area (Å²) in [4.78, 5) is 6.86. The SMILES string of the molecule is CC(C)(C)c1noc(CN(Cc2ccco2)C2CC2)n1. The predicted molar refractivity (Wildman–Crippen MR) is 74.0 cm³/mol. The Labute approximate surface area is 119 Å². The summed E-state index contributed by atoms with van der Waals surface area (Å²) in [7, 11) is 0. The average Bonchev–Trinajstić information content (AvgIpc) is 2.88. The van der Waals surface area contributed by atoms with Crippen molar-refractivity contribution in [2.75, 3.05) is 0 Å². The Bertz CT molecular complexity index is 550. The van der Waals surface area contributed by atoms with Crippen LogP contribution < -0.4 is 0 Å². The van der Waals surface area contributed by atoms with Crippen molar-refractivity contribution >= 4 is 0 Å². The highest BCUT2D eigenvalue weighted by Gasteiger charge is 2.31. The van der Waals surface area contributed by atoms with Gasteiger partial charge in [-0.15, -0.1) is 0 Å². The minimum Gasteiger partial charge on any atom is -0.468 e. The molecule has 1 fully saturated rings. The van der Waals surface area contributed by atoms with Gasteiger partial charge in [0.15, 0.2) is 5.82 Å². The van der Waals surface area contributed by atoms with Gasteiger partial charge in [-0.3, -0.25) is 4.90 Å². The van der Waals surface area contributed by atoms with Crippen LogP contribution in [-0.4, -0.2) is 21.1 Å². The summed E-state index contributed by atoms with van der Waals surface area (Å²) >= 11 is 0. The van der Waals surface area contributed by atoms with E-state index in [2.05, 4.69) is 35.8 Å². The summed E-state index contributed by atoms with van der Waals surface area (Å²) < 4.78 is 10.8. The molecule has 0 aliphatic heterocycles. The van der Waals surface area contributed by atoms with Gasteiger partial charge in [-0.2, -0.15) is 4.98 Å². The summed E-state index contributed by atoms with van der Waals surface area (Å²) in [5.74, 6) is 2.43. The van der Waals surface area contributed by atoms with E-state index in [9.17, 15) is 0 Å². The summed E-state index contributed by atoms with van der Waals surface area (Å²) in [6.45, 7) is 7.74. The first-order chi connectivity index (χ1) is 9.52. The zero-order valence-corrected chi connectivity index (χ0v) is 12.3. The van der Waals surface area contributed by atoms with Gasteiger partial charge in [0.1, 0.15) is 5.76 Å². The molecule has 2 aromatic rings. The van der Waals surface area contributed by atoms with Crippen molar-refractivity contribution in [1.82, 2.24) is 15.0 Å². The molecule has 1 aliphatic rings. The predicted octanol–water partition coefficient (Wildman–Crippen LogP) is 3.12. The Morgan fingerprint density at radius 3 is 2.65 bits per heavy atom. The lowest BCUT2D eigenvalue weighted by Gasteiger charge is -2.18. The van der Waals surface area contributed by atoms with E-state index in [1.807, 2.05) is 12.1 Å². The first-order valence-corrected chi connectivity index (χ1v) is 7.12. The van der Waals surface area contributed by atoms with Crippen LogP contribution in [0.4, 0.5) is 0 Å². The average molecular weight is 275 g/mol. The normalized spacial score (nSPS) is 16.0. The molecule has 2 aromatic heterocycles. The molecule has 0 N–H and O–H groups in total. The largest absolute Gasteiger partial charge is 0.468 e. The second kappa shape index (κ2) is 5.05. The van der Waals surface area contributed by atoms with Crippen molar-refractivity contribution in [3.8, 4) is 0 Å². The van der Waals surface area contributed by atoms with Gasteiger partial charge in [0.2, 0.25) is 5.89 Å². The molecule has 3 rings (SSSR count). The quantitative estimate of drug-likeness (QED) is 0.839. The lowest BCUT2D eigenvalue weighted by atomic mass is 9.96. The lowest BCUT2D eigenvalue weighted by Crippen LogP contribution is -2.25. The molecule has 0 radical (unpaired) electrons. The van der Waals surface area contributed by atoms with Gasteiger partial charge >= 0.3 is 0 Å². The first-order valence-electron chi connectivity index (χ1n) is 7.12. The van der Waals surface area contributed by atoms with E-state index in [1.54, 1.807) is 6.26 Å². The van der Waals surface area contributed by atoms with E-state index >= 15 is 0 Å². The van der Waals surface area contributed by atoms with Crippen molar-refractivity contribution in [3.05, 3.63) is 35.9 Å². The van der Waals surface area contributed by atoms with Crippen LogP contribution in [-0.2, 0) is 18.5 Å². The summed E-state index contributed by atoms with van der Waals surface area (Å²) in [5.41, 5.74) is -0.0762. The second-order valence-corrected chi connectivity index (χ2v) is 6.48. The summed E-state index contributed by atoms with van der Waals surface area (Å²) in [6.07, 6.45) is 4.19. The Balaban J connectivity index is 1.69. The number of furan rings is 1. The summed E-state index contributed by atoms with van der Waals surface area (Å²) in [5, 5.41) is 4.08. The third-order valence-electron chi connectivity index (χ3n) is 3.48. The van der Waals surface area contributed by atoms with Gasteiger partial charge in [0.25, 0.3) is 0 Å². The van der Waals surface area contributed by atoms with Crippen LogP contribution in [0.5, 0.6) is 0 Å². The maximum atomic E-state index is 5.43. The van der Waals surface area contributed by atoms with Crippen molar-refractivity contribution in [2.24, 2.45) is 0 Å². The minimum absolute atomic E-state index is 0.0762. The third-order valence-corrected chi connectivity index (χ3v) is 3.48. The Hall–Kier alpha value is -1.62. The lowest BCUT2D eigenvalue weighted by molar-refractivity contribution is 0.195. The molecule has 0 aromatic carbocycles. The molecule has 1 saturated carbocycles. The molecular weight excluding hydrogens is 254 g/mol. The fourth-order valence-electron chi connectivity index (χ4n) is 2.15. The fraction of sp³-hybridized carbons (Fsp3) is 0.600. The highest BCUT2D eigenvalue weighted by molar-refractivity contribution is 5.02. The van der Waals surface area contributed by atoms with Crippen molar-refractivity contribution in [3.63, 3.8) is 0 Å². The van der Waals surface area contributed by atoms with Gasteiger partial charge in [-0.1, -0.05) is 25.9 Å². The van der Waals surface area contributed by atoms with Crippen LogP contribution in [0.25, 0.3) is 0 Å². The van der Waals surface area contributed by atoms with Crippen LogP contribution in [0.3, 0.4) is 0 Å². The van der Waals surface area contributed by atoms with E-state index < -0.39 is 0 Å². The van der Waals surface area contributed by atoms with E-state index in [1.165, 1.54) is 12.8 Å². The highest BCUT2D eigenvalue weighted by atomic mass is 16.5. The van der Waals surface area contributed by atoms with E-state index in [0.717, 1.165) is 18.1 Å². The van der Waals surface area contributed by atoms with E-state index in [4.69, 9.17) is 8.94 Å². The zero-order chi connectivity index (χ0) is 14.2. The van der Waals surface area contributed by atoms with Crippen LogP contribution in [0.2, 0.25) is 0 Å². The van der Waals surface area contributed by atoms with Crippen LogP contribution >= 0.6 is 0 Å². The Morgan fingerprint density at radius 2 is 2.10 bits per heavy atom. The van der Waals surface area contributed by atoms with Gasteiger partial charge in [-0.05, 0) is 25.0 Å². The fourth-order valence-corrected chi connectivity index (χ4v) is 2.15. The molecule has 20 heavy (non-hydrogen) atoms. The minimum atomic E-state index is -0.0762. The number of hydrogen-bond donors (Lipinski definition) is 0. The van der Waals surface area contributed by atoms with Crippen LogP contribution in [0.15, 0.2) is 27.3 Å². The molecule has 5 heteroatoms. The summed E-state index contributed by atoms with van der Waals surface area (Å²) in [6, 6.07) is 4.54. The standard InChI is InChI=1S/C15H21N3O2/c1-15(2,3)14-16-13(20-17-14)10-18(11-6-7-11)9-12-5-4-8-19-12/h4-5,8,11H,6-7,9-10H2,1-3H3. The van der Waals surface area contributed by atoms with Gasteiger partial charge in [0, 0.05) is 11.5 Å². The van der Waals surface area contributed by atoms with Gasteiger partial charge < -0.3 is 8.94 Å². The first kappa shape index (κ1) is 13.4. The van der Waals surface area contributed by atoms with Crippen molar-refractivity contribution in [1.29, 1.82) is 0 Å². The molecule has 0 saturated heterocycles. The monoisotopic (exact) mass is 275 g/mol. The Kier molecular flexibility index (Phi) is 3.38. The maximum Gasteiger partial charge on any atom is 0.240 e. The number of rotatable bonds is 5. The molecule has 108 valence electrons. The smallest absolute Gasteiger partial charge is 0.240 e. The number of hydrogen-bond acceptors (Lipinski definition) is 5. The maximum absolute atomic E-state index is 5.43. The van der Waals surface area contributed by atoms with Crippen LogP contribution in [0, 0.1) is 0 Å². The van der Waals surface area contributed by atoms with E-state index in [-0.39, 0.29) is 5.41 Å². The molecule has 0 bridgehead atoms. The third kappa shape index (κ3) is 3.10. The molecule has 0 amide bonds. The molecule has 0 spiro atoms. The van der Waals surface area contributed by atoms with Gasteiger partial charge in [-0.25, -0.2) is 0 Å². The topological polar surface area (TPSA) is 55.3 Å². The zero-order valence-electron chi connectivity index (χ0n) is 12.3. The van der Waals surface area contributed by atoms with Crippen LogP contribution in [0.1, 0.15) is 51.1 Å². The molecular formula is C15H21N3O2. The van der Waals surface area contributed by atoms with E-state index in [0.29, 0.717) is 18.5 Å². The molecule has 0 unspecified atom stereocenters. The Morgan fingerprint density at radius 1 is 1.30 bits per heavy atom. The number of aromatic nitrogens is 2. The van der Waals surface area contributed by atoms with Crippen molar-refractivity contribution in [2.45, 2.75) is 58.2 Å². The molecule has 5 nitrogen and oxygen atoms in total. The molecule has 1 aliphatic carbocycles. The molecule has 0 atom stereocenters. The number of nitrogens with zero attached hydrogens (tertiary/aromatic N) is 3. The van der Waals surface area contributed by atoms with Crippen molar-refractivity contribution < 1.29 is 8.94 Å².